The van der Waals surface area contributed by atoms with Gasteiger partial charge in [-0.2, -0.15) is 0 Å². The Balaban J connectivity index is 1.69. The van der Waals surface area contributed by atoms with Gasteiger partial charge >= 0.3 is 0 Å². The van der Waals surface area contributed by atoms with Crippen LogP contribution in [0.2, 0.25) is 5.02 Å². The number of hydrogen-bond donors (Lipinski definition) is 1. The molecular weight excluding hydrogens is 432 g/mol. The molecule has 31 heavy (non-hydrogen) atoms. The van der Waals surface area contributed by atoms with Crippen molar-refractivity contribution >= 4 is 40.4 Å². The molecule has 0 spiro atoms. The summed E-state index contributed by atoms with van der Waals surface area (Å²) in [5.74, 6) is 0.266. The summed E-state index contributed by atoms with van der Waals surface area (Å²) in [5, 5.41) is 5.43. The first kappa shape index (κ1) is 21.4. The van der Waals surface area contributed by atoms with Crippen LogP contribution in [0.1, 0.15) is 46.6 Å². The number of halogens is 1. The summed E-state index contributed by atoms with van der Waals surface area (Å²) in [6, 6.07) is 15.9. The van der Waals surface area contributed by atoms with Gasteiger partial charge in [0.05, 0.1) is 12.6 Å². The largest absolute Gasteiger partial charge is 0.494 e. The van der Waals surface area contributed by atoms with Gasteiger partial charge in [0.2, 0.25) is 5.91 Å². The molecule has 160 valence electrons. The summed E-state index contributed by atoms with van der Waals surface area (Å²) in [5.41, 5.74) is 1.97. The highest BCUT2D eigenvalue weighted by molar-refractivity contribution is 7.10. The van der Waals surface area contributed by atoms with E-state index in [-0.39, 0.29) is 18.4 Å². The van der Waals surface area contributed by atoms with Crippen molar-refractivity contribution in [2.24, 2.45) is 0 Å². The van der Waals surface area contributed by atoms with E-state index in [4.69, 9.17) is 16.3 Å². The molecule has 3 aromatic rings. The third kappa shape index (κ3) is 4.75. The number of amides is 2. The van der Waals surface area contributed by atoms with Gasteiger partial charge in [0.1, 0.15) is 12.3 Å². The fourth-order valence-corrected chi connectivity index (χ4v) is 4.65. The van der Waals surface area contributed by atoms with Gasteiger partial charge in [-0.05, 0) is 60.3 Å². The van der Waals surface area contributed by atoms with Gasteiger partial charge in [-0.25, -0.2) is 0 Å². The number of fused-ring (bicyclic) bond motifs is 1. The molecule has 1 atom stereocenters. The molecule has 2 aromatic carbocycles. The first-order valence-electron chi connectivity index (χ1n) is 10.2. The van der Waals surface area contributed by atoms with Gasteiger partial charge in [0.25, 0.3) is 5.91 Å². The molecule has 1 aliphatic rings. The number of carbonyl (C=O) groups is 2. The van der Waals surface area contributed by atoms with Crippen LogP contribution in [0.5, 0.6) is 5.75 Å². The van der Waals surface area contributed by atoms with Crippen LogP contribution >= 0.6 is 22.9 Å². The predicted octanol–water partition coefficient (Wildman–Crippen LogP) is 5.76. The number of anilines is 1. The molecule has 1 aliphatic heterocycles. The number of benzene rings is 2. The Morgan fingerprint density at radius 2 is 2.03 bits per heavy atom. The van der Waals surface area contributed by atoms with Gasteiger partial charge in [0, 0.05) is 26.7 Å². The van der Waals surface area contributed by atoms with Gasteiger partial charge in [-0.15, -0.1) is 11.3 Å². The summed E-state index contributed by atoms with van der Waals surface area (Å²) in [4.78, 5) is 28.8. The van der Waals surface area contributed by atoms with E-state index in [1.54, 1.807) is 52.6 Å². The first-order chi connectivity index (χ1) is 15.1. The average molecular weight is 455 g/mol. The minimum absolute atomic E-state index is 0.0531. The van der Waals surface area contributed by atoms with Crippen LogP contribution in [0.3, 0.4) is 0 Å². The lowest BCUT2D eigenvalue weighted by Crippen LogP contribution is -2.38. The molecule has 2 heterocycles. The van der Waals surface area contributed by atoms with E-state index in [0.717, 1.165) is 29.0 Å². The molecule has 0 saturated carbocycles. The lowest BCUT2D eigenvalue weighted by molar-refractivity contribution is -0.117. The summed E-state index contributed by atoms with van der Waals surface area (Å²) < 4.78 is 5.70. The topological polar surface area (TPSA) is 58.6 Å². The molecule has 7 heteroatoms. The van der Waals surface area contributed by atoms with Crippen LogP contribution in [0.15, 0.2) is 60.0 Å². The molecule has 0 saturated heterocycles. The zero-order valence-corrected chi connectivity index (χ0v) is 18.7. The summed E-state index contributed by atoms with van der Waals surface area (Å²) in [6.45, 7) is 2.70. The highest BCUT2D eigenvalue weighted by atomic mass is 35.5. The molecule has 2 amide bonds. The minimum atomic E-state index is -0.416. The van der Waals surface area contributed by atoms with E-state index in [2.05, 4.69) is 12.2 Å². The Hall–Kier alpha value is -2.83. The normalized spacial score (nSPS) is 15.7. The van der Waals surface area contributed by atoms with Crippen molar-refractivity contribution in [3.05, 3.63) is 81.0 Å². The van der Waals surface area contributed by atoms with Crippen LogP contribution in [0.25, 0.3) is 0 Å². The van der Waals surface area contributed by atoms with Gasteiger partial charge in [-0.3, -0.25) is 9.59 Å². The summed E-state index contributed by atoms with van der Waals surface area (Å²) in [7, 11) is 0. The summed E-state index contributed by atoms with van der Waals surface area (Å²) in [6.07, 6.45) is 2.04. The lowest BCUT2D eigenvalue weighted by Gasteiger charge is -2.29. The SMILES string of the molecule is CCCCOc1ccc(C(=O)N2CC(=O)Nc3ccc(Cl)cc3C2c2cccs2)cc1. The fraction of sp³-hybridized carbons (Fsp3) is 0.250. The summed E-state index contributed by atoms with van der Waals surface area (Å²) >= 11 is 7.82. The van der Waals surface area contributed by atoms with Crippen LogP contribution in [0, 0.1) is 0 Å². The molecule has 0 aliphatic carbocycles. The standard InChI is InChI=1S/C24H23ClN2O3S/c1-2-3-12-30-18-9-6-16(7-10-18)24(29)27-15-22(28)26-20-11-8-17(25)14-19(20)23(27)21-5-4-13-31-21/h4-11,13-14,23H,2-3,12,15H2,1H3,(H,26,28). The number of hydrogen-bond acceptors (Lipinski definition) is 4. The molecule has 1 N–H and O–H groups in total. The third-order valence-electron chi connectivity index (χ3n) is 5.15. The Labute approximate surface area is 190 Å². The van der Waals surface area contributed by atoms with E-state index in [1.807, 2.05) is 23.6 Å². The maximum atomic E-state index is 13.5. The zero-order chi connectivity index (χ0) is 21.8. The third-order valence-corrected chi connectivity index (χ3v) is 6.31. The maximum absolute atomic E-state index is 13.5. The number of nitrogens with zero attached hydrogens (tertiary/aromatic N) is 1. The molecule has 0 radical (unpaired) electrons. The van der Waals surface area contributed by atoms with Gasteiger partial charge in [-0.1, -0.05) is 31.0 Å². The fourth-order valence-electron chi connectivity index (χ4n) is 3.61. The monoisotopic (exact) mass is 454 g/mol. The van der Waals surface area contributed by atoms with Crippen molar-refractivity contribution in [3.8, 4) is 5.75 Å². The lowest BCUT2D eigenvalue weighted by atomic mass is 10.0. The number of carbonyl (C=O) groups excluding carboxylic acids is 2. The van der Waals surface area contributed by atoms with E-state index in [1.165, 1.54) is 0 Å². The predicted molar refractivity (Wildman–Crippen MR) is 124 cm³/mol. The maximum Gasteiger partial charge on any atom is 0.255 e. The molecule has 0 bridgehead atoms. The van der Waals surface area contributed by atoms with Crippen LogP contribution < -0.4 is 10.1 Å². The van der Waals surface area contributed by atoms with E-state index < -0.39 is 6.04 Å². The minimum Gasteiger partial charge on any atom is -0.494 e. The Morgan fingerprint density at radius 3 is 2.74 bits per heavy atom. The quantitative estimate of drug-likeness (QED) is 0.481. The molecule has 4 rings (SSSR count). The molecule has 1 aromatic heterocycles. The van der Waals surface area contributed by atoms with Crippen molar-refractivity contribution in [1.29, 1.82) is 0 Å². The zero-order valence-electron chi connectivity index (χ0n) is 17.1. The number of rotatable bonds is 6. The van der Waals surface area contributed by atoms with Crippen molar-refractivity contribution in [1.82, 2.24) is 4.90 Å². The molecule has 0 fully saturated rings. The Bertz CT molecular complexity index is 1070. The first-order valence-corrected chi connectivity index (χ1v) is 11.5. The average Bonchev–Trinajstić information content (AvgIpc) is 3.25. The number of unbranched alkanes of at least 4 members (excludes halogenated alkanes) is 1. The second-order valence-corrected chi connectivity index (χ2v) is 8.77. The number of thiophene rings is 1. The van der Waals surface area contributed by atoms with E-state index >= 15 is 0 Å². The Morgan fingerprint density at radius 1 is 1.23 bits per heavy atom. The van der Waals surface area contributed by atoms with E-state index in [9.17, 15) is 9.59 Å². The van der Waals surface area contributed by atoms with Gasteiger partial charge in [0.15, 0.2) is 0 Å². The van der Waals surface area contributed by atoms with E-state index in [0.29, 0.717) is 22.9 Å². The number of ether oxygens (including phenoxy) is 1. The van der Waals surface area contributed by atoms with Gasteiger partial charge < -0.3 is 15.0 Å². The van der Waals surface area contributed by atoms with Crippen molar-refractivity contribution in [3.63, 3.8) is 0 Å². The van der Waals surface area contributed by atoms with Crippen LogP contribution in [-0.2, 0) is 4.79 Å². The highest BCUT2D eigenvalue weighted by Gasteiger charge is 2.34. The smallest absolute Gasteiger partial charge is 0.255 e. The van der Waals surface area contributed by atoms with Crippen molar-refractivity contribution in [2.75, 3.05) is 18.5 Å². The second kappa shape index (κ2) is 9.54. The molecular formula is C24H23ClN2O3S. The van der Waals surface area contributed by atoms with Crippen LogP contribution in [0.4, 0.5) is 5.69 Å². The van der Waals surface area contributed by atoms with Crippen LogP contribution in [-0.4, -0.2) is 29.9 Å². The Kier molecular flexibility index (Phi) is 6.59. The molecule has 5 nitrogen and oxygen atoms in total. The van der Waals surface area contributed by atoms with Crippen molar-refractivity contribution < 1.29 is 14.3 Å². The second-order valence-electron chi connectivity index (χ2n) is 7.36. The molecule has 1 unspecified atom stereocenters. The number of nitrogens with one attached hydrogen (secondary N) is 1. The van der Waals surface area contributed by atoms with Crippen molar-refractivity contribution in [2.45, 2.75) is 25.8 Å². The highest BCUT2D eigenvalue weighted by Crippen LogP contribution is 2.39.